The molecule has 0 bridgehead atoms. The molecule has 0 unspecified atom stereocenters. The van der Waals surface area contributed by atoms with Crippen LogP contribution in [0.1, 0.15) is 47.0 Å². The number of hydrogen-bond donors (Lipinski definition) is 1. The third-order valence-electron chi connectivity index (χ3n) is 4.73. The number of aliphatic carboxylic acids is 1. The second-order valence-corrected chi connectivity index (χ2v) is 7.47. The van der Waals surface area contributed by atoms with Gasteiger partial charge < -0.3 is 10.0 Å². The van der Waals surface area contributed by atoms with Crippen molar-refractivity contribution in [2.75, 3.05) is 11.4 Å². The number of unbranched alkanes of at least 4 members (excludes halogenated alkanes) is 1. The molecule has 166 valence electrons. The van der Waals surface area contributed by atoms with Crippen LogP contribution in [0.5, 0.6) is 0 Å². The van der Waals surface area contributed by atoms with Crippen LogP contribution in [0, 0.1) is 5.82 Å². The highest BCUT2D eigenvalue weighted by Crippen LogP contribution is 2.19. The third-order valence-corrected chi connectivity index (χ3v) is 4.73. The average molecular weight is 426 g/mol. The Morgan fingerprint density at radius 2 is 1.81 bits per heavy atom. The van der Waals surface area contributed by atoms with Gasteiger partial charge in [0.1, 0.15) is 5.82 Å². The SMILES string of the molecule is C=C(\C=C/C=C(C)/C(C)=C/C=C(\C)CN(C(=O)CCCC)c1cccc(F)c1)C(=O)O. The Bertz CT molecular complexity index is 922. The molecule has 1 aromatic carbocycles. The van der Waals surface area contributed by atoms with Crippen LogP contribution in [-0.4, -0.2) is 23.5 Å². The molecule has 0 saturated heterocycles. The Morgan fingerprint density at radius 3 is 2.42 bits per heavy atom. The molecule has 1 N–H and O–H groups in total. The zero-order valence-electron chi connectivity index (χ0n) is 18.8. The second-order valence-electron chi connectivity index (χ2n) is 7.47. The Kier molecular flexibility index (Phi) is 11.0. The minimum Gasteiger partial charge on any atom is -0.478 e. The predicted molar refractivity (Wildman–Crippen MR) is 125 cm³/mol. The second kappa shape index (κ2) is 13.2. The average Bonchev–Trinajstić information content (AvgIpc) is 2.73. The number of carbonyl (C=O) groups excluding carboxylic acids is 1. The summed E-state index contributed by atoms with van der Waals surface area (Å²) in [6.45, 7) is 11.7. The van der Waals surface area contributed by atoms with Crippen molar-refractivity contribution in [3.05, 3.63) is 89.3 Å². The van der Waals surface area contributed by atoms with Crippen LogP contribution < -0.4 is 4.90 Å². The Hall–Kier alpha value is -3.21. The van der Waals surface area contributed by atoms with E-state index in [-0.39, 0.29) is 17.3 Å². The fourth-order valence-corrected chi connectivity index (χ4v) is 2.64. The largest absolute Gasteiger partial charge is 0.478 e. The number of hydrogen-bond acceptors (Lipinski definition) is 2. The van der Waals surface area contributed by atoms with Crippen molar-refractivity contribution in [1.82, 2.24) is 0 Å². The number of rotatable bonds is 11. The van der Waals surface area contributed by atoms with Crippen LogP contribution in [-0.2, 0) is 9.59 Å². The van der Waals surface area contributed by atoms with Crippen LogP contribution in [0.25, 0.3) is 0 Å². The summed E-state index contributed by atoms with van der Waals surface area (Å²) in [5, 5.41) is 8.82. The van der Waals surface area contributed by atoms with Gasteiger partial charge in [-0.2, -0.15) is 0 Å². The summed E-state index contributed by atoms with van der Waals surface area (Å²) in [5.41, 5.74) is 3.50. The molecule has 0 saturated carbocycles. The summed E-state index contributed by atoms with van der Waals surface area (Å²) >= 11 is 0. The van der Waals surface area contributed by atoms with Gasteiger partial charge in [0.25, 0.3) is 0 Å². The van der Waals surface area contributed by atoms with Gasteiger partial charge in [0.05, 0.1) is 5.57 Å². The van der Waals surface area contributed by atoms with E-state index in [1.807, 2.05) is 45.9 Å². The topological polar surface area (TPSA) is 57.6 Å². The van der Waals surface area contributed by atoms with Crippen molar-refractivity contribution in [3.63, 3.8) is 0 Å². The molecule has 5 heteroatoms. The molecule has 0 aliphatic rings. The number of carbonyl (C=O) groups is 2. The molecular weight excluding hydrogens is 393 g/mol. The number of amides is 1. The van der Waals surface area contributed by atoms with E-state index in [0.717, 1.165) is 29.6 Å². The van der Waals surface area contributed by atoms with Gasteiger partial charge in [-0.15, -0.1) is 0 Å². The number of carboxylic acids is 1. The molecule has 0 heterocycles. The molecule has 0 atom stereocenters. The smallest absolute Gasteiger partial charge is 0.335 e. The lowest BCUT2D eigenvalue weighted by molar-refractivity contribution is -0.132. The van der Waals surface area contributed by atoms with Crippen LogP contribution in [0.15, 0.2) is 83.5 Å². The molecule has 0 spiro atoms. The maximum Gasteiger partial charge on any atom is 0.335 e. The number of benzene rings is 1. The molecule has 1 aromatic rings. The first-order chi connectivity index (χ1) is 14.6. The normalized spacial score (nSPS) is 12.9. The minimum atomic E-state index is -1.05. The Morgan fingerprint density at radius 1 is 1.13 bits per heavy atom. The zero-order valence-corrected chi connectivity index (χ0v) is 18.8. The number of carboxylic acid groups (broad SMARTS) is 1. The fraction of sp³-hybridized carbons (Fsp3) is 0.308. The molecule has 4 nitrogen and oxygen atoms in total. The van der Waals surface area contributed by atoms with Gasteiger partial charge >= 0.3 is 5.97 Å². The van der Waals surface area contributed by atoms with Crippen molar-refractivity contribution in [1.29, 1.82) is 0 Å². The summed E-state index contributed by atoms with van der Waals surface area (Å²) in [6.07, 6.45) is 10.9. The highest BCUT2D eigenvalue weighted by atomic mass is 19.1. The first-order valence-electron chi connectivity index (χ1n) is 10.3. The molecule has 0 aromatic heterocycles. The molecule has 31 heavy (non-hydrogen) atoms. The lowest BCUT2D eigenvalue weighted by Gasteiger charge is -2.23. The summed E-state index contributed by atoms with van der Waals surface area (Å²) in [6, 6.07) is 6.09. The zero-order chi connectivity index (χ0) is 23.4. The van der Waals surface area contributed by atoms with E-state index < -0.39 is 5.97 Å². The lowest BCUT2D eigenvalue weighted by Crippen LogP contribution is -2.32. The van der Waals surface area contributed by atoms with Crippen LogP contribution >= 0.6 is 0 Å². The molecule has 0 aliphatic carbocycles. The number of anilines is 1. The molecule has 0 fully saturated rings. The van der Waals surface area contributed by atoms with E-state index >= 15 is 0 Å². The van der Waals surface area contributed by atoms with E-state index in [1.54, 1.807) is 23.1 Å². The maximum absolute atomic E-state index is 13.7. The molecule has 0 aliphatic heterocycles. The number of nitrogens with zero attached hydrogens (tertiary/aromatic N) is 1. The monoisotopic (exact) mass is 425 g/mol. The van der Waals surface area contributed by atoms with Gasteiger partial charge in [-0.3, -0.25) is 4.79 Å². The van der Waals surface area contributed by atoms with Crippen LogP contribution in [0.3, 0.4) is 0 Å². The van der Waals surface area contributed by atoms with Gasteiger partial charge in [-0.25, -0.2) is 9.18 Å². The Balaban J connectivity index is 2.98. The fourth-order valence-electron chi connectivity index (χ4n) is 2.64. The van der Waals surface area contributed by atoms with Crippen molar-refractivity contribution >= 4 is 17.6 Å². The molecular formula is C26H32FNO3. The van der Waals surface area contributed by atoms with Crippen LogP contribution in [0.4, 0.5) is 10.1 Å². The van der Waals surface area contributed by atoms with Crippen molar-refractivity contribution in [3.8, 4) is 0 Å². The van der Waals surface area contributed by atoms with Gasteiger partial charge in [-0.1, -0.05) is 55.9 Å². The van der Waals surface area contributed by atoms with E-state index in [2.05, 4.69) is 6.58 Å². The van der Waals surface area contributed by atoms with Crippen molar-refractivity contribution in [2.45, 2.75) is 47.0 Å². The summed E-state index contributed by atoms with van der Waals surface area (Å²) in [5.74, 6) is -1.45. The van der Waals surface area contributed by atoms with Crippen molar-refractivity contribution < 1.29 is 19.1 Å². The number of allylic oxidation sites excluding steroid dienone is 6. The third kappa shape index (κ3) is 9.43. The van der Waals surface area contributed by atoms with E-state index in [4.69, 9.17) is 5.11 Å². The van der Waals surface area contributed by atoms with Crippen LogP contribution in [0.2, 0.25) is 0 Å². The van der Waals surface area contributed by atoms with E-state index in [9.17, 15) is 14.0 Å². The van der Waals surface area contributed by atoms with Gasteiger partial charge in [-0.05, 0) is 62.6 Å². The van der Waals surface area contributed by atoms with Gasteiger partial charge in [0.2, 0.25) is 5.91 Å². The maximum atomic E-state index is 13.7. The minimum absolute atomic E-state index is 0.0200. The van der Waals surface area contributed by atoms with Crippen molar-refractivity contribution in [2.24, 2.45) is 0 Å². The summed E-state index contributed by atoms with van der Waals surface area (Å²) in [7, 11) is 0. The van der Waals surface area contributed by atoms with E-state index in [0.29, 0.717) is 18.7 Å². The predicted octanol–water partition coefficient (Wildman–Crippen LogP) is 6.38. The quantitative estimate of drug-likeness (QED) is 0.330. The summed E-state index contributed by atoms with van der Waals surface area (Å²) in [4.78, 5) is 25.1. The first-order valence-corrected chi connectivity index (χ1v) is 10.3. The van der Waals surface area contributed by atoms with Gasteiger partial charge in [0.15, 0.2) is 0 Å². The van der Waals surface area contributed by atoms with E-state index in [1.165, 1.54) is 18.2 Å². The van der Waals surface area contributed by atoms with Gasteiger partial charge in [0, 0.05) is 18.7 Å². The molecule has 1 rings (SSSR count). The highest BCUT2D eigenvalue weighted by Gasteiger charge is 2.16. The molecule has 0 radical (unpaired) electrons. The highest BCUT2D eigenvalue weighted by molar-refractivity contribution is 5.93. The number of halogens is 1. The Labute approximate surface area is 184 Å². The summed E-state index contributed by atoms with van der Waals surface area (Å²) < 4.78 is 13.7. The lowest BCUT2D eigenvalue weighted by atomic mass is 10.1. The molecule has 1 amide bonds. The standard InChI is InChI=1S/C26H32FNO3/c1-6-7-14-25(29)28(24-13-9-12-23(27)17-24)18-19(2)15-16-21(4)20(3)10-8-11-22(5)26(30)31/h8-13,15-17H,5-7,14,18H2,1-4H3,(H,30,31)/b11-8-,19-15+,20-10+,21-16+. The first kappa shape index (κ1) is 25.8.